The van der Waals surface area contributed by atoms with Gasteiger partial charge in [0.1, 0.15) is 18.2 Å². The summed E-state index contributed by atoms with van der Waals surface area (Å²) in [5.74, 6) is 0.729. The van der Waals surface area contributed by atoms with Crippen LogP contribution in [0.1, 0.15) is 25.8 Å². The number of hydrogen-bond acceptors (Lipinski definition) is 5. The average molecular weight is 291 g/mol. The van der Waals surface area contributed by atoms with E-state index in [-0.39, 0.29) is 5.75 Å². The summed E-state index contributed by atoms with van der Waals surface area (Å²) in [6.07, 6.45) is 3.39. The fraction of sp³-hybridized carbons (Fsp3) is 0.500. The Morgan fingerprint density at radius 3 is 2.48 bits per heavy atom. The Bertz CT molecular complexity index is 432. The highest BCUT2D eigenvalue weighted by atomic mass is 16.3. The first-order valence-electron chi connectivity index (χ1n) is 7.15. The van der Waals surface area contributed by atoms with Gasteiger partial charge in [-0.15, -0.1) is 0 Å². The summed E-state index contributed by atoms with van der Waals surface area (Å²) in [7, 11) is 0. The first-order chi connectivity index (χ1) is 10.0. The van der Waals surface area contributed by atoms with E-state index >= 15 is 0 Å². The van der Waals surface area contributed by atoms with Gasteiger partial charge in [-0.2, -0.15) is 0 Å². The minimum Gasteiger partial charge on any atom is -0.508 e. The van der Waals surface area contributed by atoms with E-state index in [1.165, 1.54) is 0 Å². The Labute approximate surface area is 125 Å². The standard InChI is InChI=1S/C16H23N2O3/c1-12(2)7-8-17-16(11-20)18-14(10-19)9-13-3-5-15(21)6-4-13/h3-6,10,12,14,16-18,21H,7-9H2,1-2H3/t14-,16?/m0/s1. The molecule has 0 saturated heterocycles. The molecule has 0 saturated carbocycles. The molecule has 0 heterocycles. The quantitative estimate of drug-likeness (QED) is 0.445. The van der Waals surface area contributed by atoms with Gasteiger partial charge >= 0.3 is 0 Å². The number of aldehydes is 1. The summed E-state index contributed by atoms with van der Waals surface area (Å²) in [6, 6.07) is 6.16. The first-order valence-corrected chi connectivity index (χ1v) is 7.15. The van der Waals surface area contributed by atoms with Gasteiger partial charge in [0.25, 0.3) is 0 Å². The maximum atomic E-state index is 11.1. The lowest BCUT2D eigenvalue weighted by molar-refractivity contribution is -0.109. The SMILES string of the molecule is CC(C)CCNC([C]=O)N[C@H](C=O)Cc1ccc(O)cc1. The van der Waals surface area contributed by atoms with Crippen molar-refractivity contribution in [2.45, 2.75) is 38.9 Å². The molecule has 1 rings (SSSR count). The second kappa shape index (κ2) is 9.26. The third-order valence-electron chi connectivity index (χ3n) is 3.12. The zero-order valence-corrected chi connectivity index (χ0v) is 12.5. The molecule has 1 aromatic carbocycles. The number of aromatic hydroxyl groups is 1. The van der Waals surface area contributed by atoms with Crippen molar-refractivity contribution in [2.75, 3.05) is 6.54 Å². The Balaban J connectivity index is 2.48. The maximum Gasteiger partial charge on any atom is 0.232 e. The minimum atomic E-state index is -0.656. The Morgan fingerprint density at radius 1 is 1.29 bits per heavy atom. The molecule has 0 spiro atoms. The molecule has 0 amide bonds. The van der Waals surface area contributed by atoms with Gasteiger partial charge in [-0.1, -0.05) is 26.0 Å². The predicted molar refractivity (Wildman–Crippen MR) is 81.7 cm³/mol. The van der Waals surface area contributed by atoms with Gasteiger partial charge in [0.05, 0.1) is 6.04 Å². The molecule has 5 heteroatoms. The largest absolute Gasteiger partial charge is 0.508 e. The van der Waals surface area contributed by atoms with Gasteiger partial charge in [-0.3, -0.25) is 15.4 Å². The fourth-order valence-corrected chi connectivity index (χ4v) is 1.90. The smallest absolute Gasteiger partial charge is 0.232 e. The maximum absolute atomic E-state index is 11.1. The molecule has 0 fully saturated rings. The number of phenolic OH excluding ortho intramolecular Hbond substituents is 1. The van der Waals surface area contributed by atoms with E-state index in [4.69, 9.17) is 0 Å². The number of nitrogens with one attached hydrogen (secondary N) is 2. The summed E-state index contributed by atoms with van der Waals surface area (Å²) >= 11 is 0. The molecule has 2 atom stereocenters. The van der Waals surface area contributed by atoms with Crippen molar-refractivity contribution in [1.82, 2.24) is 10.6 Å². The molecule has 0 aliphatic heterocycles. The van der Waals surface area contributed by atoms with Gasteiger partial charge in [-0.05, 0) is 43.0 Å². The number of benzene rings is 1. The molecular weight excluding hydrogens is 268 g/mol. The number of rotatable bonds is 10. The Hall–Kier alpha value is -1.72. The molecule has 115 valence electrons. The summed E-state index contributed by atoms with van der Waals surface area (Å²) < 4.78 is 0. The van der Waals surface area contributed by atoms with Crippen LogP contribution >= 0.6 is 0 Å². The van der Waals surface area contributed by atoms with Crippen LogP contribution in [0.2, 0.25) is 0 Å². The zero-order valence-electron chi connectivity index (χ0n) is 12.5. The number of phenols is 1. The van der Waals surface area contributed by atoms with Crippen molar-refractivity contribution < 1.29 is 14.7 Å². The molecule has 21 heavy (non-hydrogen) atoms. The molecule has 3 N–H and O–H groups in total. The lowest BCUT2D eigenvalue weighted by atomic mass is 10.1. The van der Waals surface area contributed by atoms with Crippen molar-refractivity contribution >= 4 is 12.6 Å². The normalized spacial score (nSPS) is 13.9. The van der Waals surface area contributed by atoms with E-state index in [9.17, 15) is 14.7 Å². The van der Waals surface area contributed by atoms with Gasteiger partial charge < -0.3 is 9.90 Å². The highest BCUT2D eigenvalue weighted by Gasteiger charge is 2.15. The van der Waals surface area contributed by atoms with E-state index in [2.05, 4.69) is 24.5 Å². The molecule has 0 aliphatic carbocycles. The monoisotopic (exact) mass is 291 g/mol. The van der Waals surface area contributed by atoms with Crippen LogP contribution in [0.3, 0.4) is 0 Å². The van der Waals surface area contributed by atoms with Crippen LogP contribution in [0, 0.1) is 5.92 Å². The van der Waals surface area contributed by atoms with Gasteiger partial charge in [-0.25, -0.2) is 0 Å². The summed E-state index contributed by atoms with van der Waals surface area (Å²) in [5, 5.41) is 15.2. The number of carbonyl (C=O) groups is 1. The van der Waals surface area contributed by atoms with Crippen molar-refractivity contribution in [1.29, 1.82) is 0 Å². The van der Waals surface area contributed by atoms with Crippen molar-refractivity contribution in [3.63, 3.8) is 0 Å². The third kappa shape index (κ3) is 7.02. The van der Waals surface area contributed by atoms with Crippen LogP contribution in [0.4, 0.5) is 0 Å². The zero-order chi connectivity index (χ0) is 15.7. The van der Waals surface area contributed by atoms with Crippen LogP contribution in [-0.4, -0.2) is 36.4 Å². The van der Waals surface area contributed by atoms with Crippen LogP contribution in [-0.2, 0) is 16.0 Å². The number of hydrogen-bond donors (Lipinski definition) is 3. The van der Waals surface area contributed by atoms with Crippen molar-refractivity contribution in [2.24, 2.45) is 5.92 Å². The molecule has 0 bridgehead atoms. The van der Waals surface area contributed by atoms with Gasteiger partial charge in [0.2, 0.25) is 6.29 Å². The van der Waals surface area contributed by atoms with Crippen LogP contribution in [0.15, 0.2) is 24.3 Å². The van der Waals surface area contributed by atoms with Crippen molar-refractivity contribution in [3.05, 3.63) is 29.8 Å². The second-order valence-corrected chi connectivity index (χ2v) is 5.47. The second-order valence-electron chi connectivity index (χ2n) is 5.47. The fourth-order valence-electron chi connectivity index (χ4n) is 1.90. The Morgan fingerprint density at radius 2 is 1.95 bits per heavy atom. The average Bonchev–Trinajstić information content (AvgIpc) is 2.47. The summed E-state index contributed by atoms with van der Waals surface area (Å²) in [6.45, 7) is 4.90. The topological polar surface area (TPSA) is 78.4 Å². The first kappa shape index (κ1) is 17.3. The van der Waals surface area contributed by atoms with E-state index in [1.54, 1.807) is 24.3 Å². The molecule has 0 aliphatic rings. The lowest BCUT2D eigenvalue weighted by Gasteiger charge is -2.19. The van der Waals surface area contributed by atoms with Gasteiger partial charge in [0.15, 0.2) is 0 Å². The molecule has 1 aromatic rings. The van der Waals surface area contributed by atoms with E-state index in [0.29, 0.717) is 18.9 Å². The van der Waals surface area contributed by atoms with E-state index in [1.807, 2.05) is 6.29 Å². The minimum absolute atomic E-state index is 0.184. The van der Waals surface area contributed by atoms with E-state index < -0.39 is 12.2 Å². The molecule has 0 aromatic heterocycles. The molecular formula is C16H23N2O3. The third-order valence-corrected chi connectivity index (χ3v) is 3.12. The van der Waals surface area contributed by atoms with E-state index in [0.717, 1.165) is 18.3 Å². The van der Waals surface area contributed by atoms with Crippen LogP contribution in [0.5, 0.6) is 5.75 Å². The summed E-state index contributed by atoms with van der Waals surface area (Å²) in [5.41, 5.74) is 0.907. The highest BCUT2D eigenvalue weighted by molar-refractivity contribution is 5.62. The molecule has 1 radical (unpaired) electrons. The van der Waals surface area contributed by atoms with Crippen molar-refractivity contribution in [3.8, 4) is 5.75 Å². The molecule has 1 unspecified atom stereocenters. The number of carbonyl (C=O) groups excluding carboxylic acids is 2. The molecule has 5 nitrogen and oxygen atoms in total. The lowest BCUT2D eigenvalue weighted by Crippen LogP contribution is -2.50. The highest BCUT2D eigenvalue weighted by Crippen LogP contribution is 2.11. The predicted octanol–water partition coefficient (Wildman–Crippen LogP) is 1.16. The van der Waals surface area contributed by atoms with Crippen LogP contribution in [0.25, 0.3) is 0 Å². The Kier molecular flexibility index (Phi) is 7.64. The van der Waals surface area contributed by atoms with Gasteiger partial charge in [0, 0.05) is 0 Å². The van der Waals surface area contributed by atoms with Crippen LogP contribution < -0.4 is 10.6 Å². The summed E-state index contributed by atoms with van der Waals surface area (Å²) in [4.78, 5) is 22.1.